The van der Waals surface area contributed by atoms with Crippen LogP contribution in [0.15, 0.2) is 18.2 Å². The maximum atomic E-state index is 12.7. The highest BCUT2D eigenvalue weighted by Crippen LogP contribution is 2.53. The highest BCUT2D eigenvalue weighted by atomic mass is 16.7. The summed E-state index contributed by atoms with van der Waals surface area (Å²) in [7, 11) is 6.06. The minimum atomic E-state index is -0.465. The molecule has 0 N–H and O–H groups in total. The molecule has 0 bridgehead atoms. The Morgan fingerprint density at radius 3 is 2.19 bits per heavy atom. The fourth-order valence-electron chi connectivity index (χ4n) is 4.03. The highest BCUT2D eigenvalue weighted by molar-refractivity contribution is 6.11. The van der Waals surface area contributed by atoms with Gasteiger partial charge in [0.2, 0.25) is 18.3 Å². The Hall–Kier alpha value is -3.88. The molecular weight excluding hydrogens is 406 g/mol. The molecule has 0 unspecified atom stereocenters. The molecular formula is C22H19NO8. The van der Waals surface area contributed by atoms with E-state index in [1.807, 2.05) is 0 Å². The first-order valence-electron chi connectivity index (χ1n) is 9.41. The van der Waals surface area contributed by atoms with Crippen molar-refractivity contribution < 1.29 is 38.0 Å². The van der Waals surface area contributed by atoms with E-state index in [1.165, 1.54) is 28.4 Å². The Kier molecular flexibility index (Phi) is 4.39. The molecule has 2 aliphatic rings. The number of benzene rings is 2. The zero-order valence-electron chi connectivity index (χ0n) is 17.4. The molecule has 0 radical (unpaired) electrons. The third-order valence-electron chi connectivity index (χ3n) is 5.36. The lowest BCUT2D eigenvalue weighted by Gasteiger charge is -2.20. The van der Waals surface area contributed by atoms with Gasteiger partial charge in [0.25, 0.3) is 0 Å². The minimum Gasteiger partial charge on any atom is -0.493 e. The van der Waals surface area contributed by atoms with Gasteiger partial charge in [-0.25, -0.2) is 9.78 Å². The van der Waals surface area contributed by atoms with Gasteiger partial charge in [0, 0.05) is 22.6 Å². The third kappa shape index (κ3) is 2.69. The molecule has 0 saturated carbocycles. The van der Waals surface area contributed by atoms with Gasteiger partial charge in [-0.05, 0) is 12.1 Å². The van der Waals surface area contributed by atoms with Crippen LogP contribution in [0.3, 0.4) is 0 Å². The molecule has 0 spiro atoms. The molecule has 160 valence electrons. The summed E-state index contributed by atoms with van der Waals surface area (Å²) in [5, 5.41) is 0.675. The second-order valence-corrected chi connectivity index (χ2v) is 6.83. The number of aromatic nitrogens is 1. The fourth-order valence-corrected chi connectivity index (χ4v) is 4.03. The number of methoxy groups -OCH3 is 4. The molecule has 0 amide bonds. The van der Waals surface area contributed by atoms with Gasteiger partial charge in [-0.1, -0.05) is 0 Å². The highest BCUT2D eigenvalue weighted by Gasteiger charge is 2.33. The number of hydrogen-bond donors (Lipinski definition) is 0. The van der Waals surface area contributed by atoms with Gasteiger partial charge in [0.05, 0.1) is 45.2 Å². The normalized spacial score (nSPS) is 13.7. The standard InChI is InChI=1S/C22H19NO8/c1-25-16-6-11(19(26-2)21(28-4)20(16)27-3)17-10-5-14-15(31-9-30-14)7-12(10)23-13-8-29-22(24)18(13)17/h5-7H,8-9H2,1-4H3. The topological polar surface area (TPSA) is 94.6 Å². The quantitative estimate of drug-likeness (QED) is 0.571. The second-order valence-electron chi connectivity index (χ2n) is 6.83. The van der Waals surface area contributed by atoms with E-state index in [-0.39, 0.29) is 13.4 Å². The van der Waals surface area contributed by atoms with Crippen LogP contribution in [-0.2, 0) is 11.3 Å². The molecule has 9 heteroatoms. The van der Waals surface area contributed by atoms with Gasteiger partial charge in [-0.3, -0.25) is 0 Å². The van der Waals surface area contributed by atoms with Gasteiger partial charge in [0.1, 0.15) is 6.61 Å². The van der Waals surface area contributed by atoms with Crippen LogP contribution in [0.2, 0.25) is 0 Å². The van der Waals surface area contributed by atoms with Crippen molar-refractivity contribution in [2.45, 2.75) is 6.61 Å². The summed E-state index contributed by atoms with van der Waals surface area (Å²) in [6.45, 7) is 0.203. The van der Waals surface area contributed by atoms with Crippen LogP contribution >= 0.6 is 0 Å². The Labute approximate surface area is 177 Å². The van der Waals surface area contributed by atoms with Crippen molar-refractivity contribution in [3.8, 4) is 45.6 Å². The fraction of sp³-hybridized carbons (Fsp3) is 0.273. The van der Waals surface area contributed by atoms with Gasteiger partial charge in [0.15, 0.2) is 23.0 Å². The molecule has 0 aliphatic carbocycles. The molecule has 2 aliphatic heterocycles. The number of cyclic esters (lactones) is 1. The first-order chi connectivity index (χ1) is 15.1. The molecule has 0 saturated heterocycles. The van der Waals surface area contributed by atoms with Crippen molar-refractivity contribution in [2.75, 3.05) is 35.2 Å². The number of nitrogens with zero attached hydrogens (tertiary/aromatic N) is 1. The van der Waals surface area contributed by atoms with Crippen molar-refractivity contribution in [3.05, 3.63) is 29.5 Å². The Bertz CT molecular complexity index is 1240. The van der Waals surface area contributed by atoms with Crippen molar-refractivity contribution in [1.82, 2.24) is 4.98 Å². The number of rotatable bonds is 5. The predicted octanol–water partition coefficient (Wildman–Crippen LogP) is 3.34. The van der Waals surface area contributed by atoms with Gasteiger partial charge in [-0.15, -0.1) is 0 Å². The summed E-state index contributed by atoms with van der Waals surface area (Å²) in [4.78, 5) is 17.4. The van der Waals surface area contributed by atoms with Crippen LogP contribution in [0.25, 0.3) is 22.0 Å². The largest absolute Gasteiger partial charge is 0.493 e. The molecule has 5 rings (SSSR count). The number of hydrogen-bond acceptors (Lipinski definition) is 9. The first kappa shape index (κ1) is 19.1. The van der Waals surface area contributed by atoms with Crippen LogP contribution in [-0.4, -0.2) is 46.2 Å². The zero-order chi connectivity index (χ0) is 21.7. The summed E-state index contributed by atoms with van der Waals surface area (Å²) in [5.74, 6) is 2.20. The molecule has 31 heavy (non-hydrogen) atoms. The van der Waals surface area contributed by atoms with Crippen LogP contribution in [0.1, 0.15) is 16.1 Å². The van der Waals surface area contributed by atoms with E-state index in [0.29, 0.717) is 67.8 Å². The van der Waals surface area contributed by atoms with E-state index in [1.54, 1.807) is 18.2 Å². The van der Waals surface area contributed by atoms with Crippen LogP contribution in [0, 0.1) is 0 Å². The lowest BCUT2D eigenvalue weighted by Crippen LogP contribution is -2.04. The summed E-state index contributed by atoms with van der Waals surface area (Å²) >= 11 is 0. The lowest BCUT2D eigenvalue weighted by molar-refractivity contribution is 0.0534. The van der Waals surface area contributed by atoms with E-state index < -0.39 is 5.97 Å². The Morgan fingerprint density at radius 1 is 0.806 bits per heavy atom. The number of fused-ring (bicyclic) bond motifs is 3. The molecule has 2 aromatic carbocycles. The van der Waals surface area contributed by atoms with E-state index in [2.05, 4.69) is 4.98 Å². The summed E-state index contributed by atoms with van der Waals surface area (Å²) < 4.78 is 38.7. The van der Waals surface area contributed by atoms with Gasteiger partial charge >= 0.3 is 5.97 Å². The van der Waals surface area contributed by atoms with Crippen LogP contribution in [0.4, 0.5) is 0 Å². The molecule has 0 atom stereocenters. The van der Waals surface area contributed by atoms with Crippen molar-refractivity contribution >= 4 is 16.9 Å². The number of esters is 1. The van der Waals surface area contributed by atoms with Gasteiger partial charge < -0.3 is 33.2 Å². The lowest BCUT2D eigenvalue weighted by atomic mass is 9.93. The summed E-state index contributed by atoms with van der Waals surface area (Å²) in [5.41, 5.74) is 2.67. The monoisotopic (exact) mass is 425 g/mol. The van der Waals surface area contributed by atoms with E-state index in [9.17, 15) is 4.79 Å². The number of pyridine rings is 1. The molecule has 3 heterocycles. The van der Waals surface area contributed by atoms with Crippen LogP contribution < -0.4 is 28.4 Å². The Balaban J connectivity index is 1.93. The minimum absolute atomic E-state index is 0.0816. The second kappa shape index (κ2) is 7.12. The molecule has 1 aromatic heterocycles. The average molecular weight is 425 g/mol. The third-order valence-corrected chi connectivity index (χ3v) is 5.36. The van der Waals surface area contributed by atoms with Crippen molar-refractivity contribution in [1.29, 1.82) is 0 Å². The summed E-state index contributed by atoms with van der Waals surface area (Å²) in [6, 6.07) is 5.33. The summed E-state index contributed by atoms with van der Waals surface area (Å²) in [6.07, 6.45) is 0. The number of carbonyl (C=O) groups is 1. The maximum Gasteiger partial charge on any atom is 0.341 e. The first-order valence-corrected chi connectivity index (χ1v) is 9.41. The van der Waals surface area contributed by atoms with E-state index in [4.69, 9.17) is 33.2 Å². The molecule has 0 fully saturated rings. The number of ether oxygens (including phenoxy) is 7. The van der Waals surface area contributed by atoms with E-state index in [0.717, 1.165) is 0 Å². The number of carbonyl (C=O) groups excluding carboxylic acids is 1. The van der Waals surface area contributed by atoms with Crippen molar-refractivity contribution in [2.24, 2.45) is 0 Å². The van der Waals surface area contributed by atoms with Gasteiger partial charge in [-0.2, -0.15) is 0 Å². The van der Waals surface area contributed by atoms with Crippen LogP contribution in [0.5, 0.6) is 34.5 Å². The predicted molar refractivity (Wildman–Crippen MR) is 109 cm³/mol. The maximum absolute atomic E-state index is 12.7. The van der Waals surface area contributed by atoms with E-state index >= 15 is 0 Å². The molecule has 9 nitrogen and oxygen atoms in total. The Morgan fingerprint density at radius 2 is 1.52 bits per heavy atom. The molecule has 3 aromatic rings. The SMILES string of the molecule is COc1cc(-c2c3c(nc4cc5c(cc24)OCO5)COC3=O)c(OC)c(OC)c1OC. The zero-order valence-corrected chi connectivity index (χ0v) is 17.4. The average Bonchev–Trinajstić information content (AvgIpc) is 3.40. The smallest absolute Gasteiger partial charge is 0.341 e. The van der Waals surface area contributed by atoms with Crippen molar-refractivity contribution in [3.63, 3.8) is 0 Å².